The molecule has 0 aliphatic rings. The van der Waals surface area contributed by atoms with Gasteiger partial charge < -0.3 is 10.1 Å². The third-order valence-corrected chi connectivity index (χ3v) is 3.09. The van der Waals surface area contributed by atoms with Crippen LogP contribution in [-0.4, -0.2) is 57.7 Å². The molecule has 0 aromatic heterocycles. The highest BCUT2D eigenvalue weighted by Crippen LogP contribution is 2.14. The van der Waals surface area contributed by atoms with Crippen molar-refractivity contribution >= 4 is 18.3 Å². The van der Waals surface area contributed by atoms with Crippen LogP contribution in [0, 0.1) is 5.92 Å². The molecule has 0 aliphatic carbocycles. The van der Waals surface area contributed by atoms with Crippen LogP contribution in [0.2, 0.25) is 0 Å². The van der Waals surface area contributed by atoms with E-state index in [0.717, 1.165) is 19.3 Å². The number of hydrogen-bond acceptors (Lipinski definition) is 8. The first-order valence-electron chi connectivity index (χ1n) is 8.07. The van der Waals surface area contributed by atoms with E-state index in [-0.39, 0.29) is 25.7 Å². The van der Waals surface area contributed by atoms with Gasteiger partial charge in [-0.1, -0.05) is 6.08 Å². The zero-order chi connectivity index (χ0) is 18.6. The van der Waals surface area contributed by atoms with Gasteiger partial charge in [0.1, 0.15) is 19.8 Å². The Bertz CT molecular complexity index is 459. The van der Waals surface area contributed by atoms with Gasteiger partial charge in [-0.2, -0.15) is 0 Å². The van der Waals surface area contributed by atoms with E-state index in [1.165, 1.54) is 18.2 Å². The summed E-state index contributed by atoms with van der Waals surface area (Å²) in [5, 5.41) is 2.62. The topological polar surface area (TPSA) is 116 Å². The highest BCUT2D eigenvalue weighted by Gasteiger charge is 2.09. The number of aliphatic imine (C=N–C) groups is 2. The molecule has 25 heavy (non-hydrogen) atoms. The van der Waals surface area contributed by atoms with Crippen molar-refractivity contribution < 1.29 is 28.9 Å². The van der Waals surface area contributed by atoms with E-state index in [9.17, 15) is 14.4 Å². The number of nitrogens with zero attached hydrogens (tertiary/aromatic N) is 2. The van der Waals surface area contributed by atoms with Crippen LogP contribution in [0.15, 0.2) is 22.6 Å². The van der Waals surface area contributed by atoms with Crippen molar-refractivity contribution in [2.24, 2.45) is 15.9 Å². The average Bonchev–Trinajstić information content (AvgIpc) is 2.62. The second-order valence-corrected chi connectivity index (χ2v) is 5.01. The summed E-state index contributed by atoms with van der Waals surface area (Å²) in [5.74, 6) is 0.177. The molecule has 1 atom stereocenters. The number of carbonyl (C=O) groups excluding carboxylic acids is 3. The van der Waals surface area contributed by atoms with E-state index in [2.05, 4.69) is 26.8 Å². The monoisotopic (exact) mass is 355 g/mol. The van der Waals surface area contributed by atoms with Gasteiger partial charge in [0.05, 0.1) is 13.1 Å². The minimum absolute atomic E-state index is 0.0803. The summed E-state index contributed by atoms with van der Waals surface area (Å²) in [5.41, 5.74) is 0. The molecule has 0 spiro atoms. The Morgan fingerprint density at radius 1 is 1.12 bits per heavy atom. The summed E-state index contributed by atoms with van der Waals surface area (Å²) >= 11 is 0. The summed E-state index contributed by atoms with van der Waals surface area (Å²) < 4.78 is 4.89. The van der Waals surface area contributed by atoms with Gasteiger partial charge in [0.2, 0.25) is 12.2 Å². The maximum Gasteiger partial charge on any atom is 0.407 e. The van der Waals surface area contributed by atoms with Crippen LogP contribution >= 0.6 is 0 Å². The fourth-order valence-electron chi connectivity index (χ4n) is 1.95. The highest BCUT2D eigenvalue weighted by molar-refractivity contribution is 5.66. The lowest BCUT2D eigenvalue weighted by molar-refractivity contribution is -0.289. The Kier molecular flexibility index (Phi) is 16.4. The number of rotatable bonds is 16. The van der Waals surface area contributed by atoms with E-state index < -0.39 is 6.09 Å². The van der Waals surface area contributed by atoms with Crippen molar-refractivity contribution in [1.82, 2.24) is 5.32 Å². The number of isocyanates is 2. The molecule has 1 N–H and O–H groups in total. The van der Waals surface area contributed by atoms with Gasteiger partial charge in [0, 0.05) is 6.54 Å². The number of ether oxygens (including phenoxy) is 1. The van der Waals surface area contributed by atoms with Crippen molar-refractivity contribution in [3.63, 3.8) is 0 Å². The zero-order valence-corrected chi connectivity index (χ0v) is 14.3. The van der Waals surface area contributed by atoms with Crippen LogP contribution < -0.4 is 5.32 Å². The number of alkyl carbamates (subject to hydrolysis) is 1. The van der Waals surface area contributed by atoms with Gasteiger partial charge in [-0.15, -0.1) is 6.58 Å². The standard InChI is InChI=1S/C16H25N3O6/c1-2-9-24-25-11-10-23-16(22)19-8-4-6-15(12-18-14-21)5-3-7-17-13-20/h2,15H,1,3-12H2,(H,19,22). The summed E-state index contributed by atoms with van der Waals surface area (Å²) in [6, 6.07) is 0. The van der Waals surface area contributed by atoms with Gasteiger partial charge in [0.15, 0.2) is 0 Å². The minimum atomic E-state index is -0.532. The summed E-state index contributed by atoms with van der Waals surface area (Å²) in [4.78, 5) is 48.1. The summed E-state index contributed by atoms with van der Waals surface area (Å²) in [7, 11) is 0. The maximum absolute atomic E-state index is 11.4. The molecule has 0 aliphatic heterocycles. The van der Waals surface area contributed by atoms with E-state index >= 15 is 0 Å². The normalized spacial score (nSPS) is 10.9. The van der Waals surface area contributed by atoms with Crippen molar-refractivity contribution in [2.45, 2.75) is 25.7 Å². The second-order valence-electron chi connectivity index (χ2n) is 5.01. The molecule has 0 aromatic carbocycles. The van der Waals surface area contributed by atoms with Crippen molar-refractivity contribution in [3.8, 4) is 0 Å². The molecule has 1 unspecified atom stereocenters. The molecule has 0 aromatic rings. The molecule has 0 rings (SSSR count). The molecule has 1 amide bonds. The molecule has 0 radical (unpaired) electrons. The Labute approximate surface area is 147 Å². The predicted molar refractivity (Wildman–Crippen MR) is 89.4 cm³/mol. The molecule has 0 heterocycles. The highest BCUT2D eigenvalue weighted by atomic mass is 17.2. The molecule has 0 bridgehead atoms. The SMILES string of the molecule is C=CCOOCCOC(=O)NCCCC(CCCN=C=O)CN=C=O. The number of amides is 1. The van der Waals surface area contributed by atoms with E-state index in [1.54, 1.807) is 0 Å². The summed E-state index contributed by atoms with van der Waals surface area (Å²) in [6.45, 7) is 5.17. The second kappa shape index (κ2) is 18.0. The Morgan fingerprint density at radius 2 is 1.88 bits per heavy atom. The van der Waals surface area contributed by atoms with Crippen LogP contribution in [0.3, 0.4) is 0 Å². The van der Waals surface area contributed by atoms with Crippen LogP contribution in [0.25, 0.3) is 0 Å². The summed E-state index contributed by atoms with van der Waals surface area (Å²) in [6.07, 6.45) is 7.00. The van der Waals surface area contributed by atoms with Gasteiger partial charge in [-0.3, -0.25) is 0 Å². The van der Waals surface area contributed by atoms with Crippen molar-refractivity contribution in [3.05, 3.63) is 12.7 Å². The molecular weight excluding hydrogens is 330 g/mol. The quantitative estimate of drug-likeness (QED) is 0.112. The first-order chi connectivity index (χ1) is 12.2. The molecule has 0 saturated carbocycles. The lowest BCUT2D eigenvalue weighted by Gasteiger charge is -2.13. The molecule has 0 saturated heterocycles. The van der Waals surface area contributed by atoms with Gasteiger partial charge in [-0.25, -0.2) is 34.1 Å². The predicted octanol–water partition coefficient (Wildman–Crippen LogP) is 1.69. The molecule has 140 valence electrons. The van der Waals surface area contributed by atoms with Crippen LogP contribution in [0.5, 0.6) is 0 Å². The van der Waals surface area contributed by atoms with Crippen LogP contribution in [0.4, 0.5) is 4.79 Å². The first kappa shape index (κ1) is 22.7. The Morgan fingerprint density at radius 3 is 2.60 bits per heavy atom. The molecule has 9 nitrogen and oxygen atoms in total. The fraction of sp³-hybridized carbons (Fsp3) is 0.688. The van der Waals surface area contributed by atoms with Gasteiger partial charge in [0.25, 0.3) is 0 Å². The lowest BCUT2D eigenvalue weighted by Crippen LogP contribution is -2.27. The fourth-order valence-corrected chi connectivity index (χ4v) is 1.95. The number of carbonyl (C=O) groups is 1. The average molecular weight is 355 g/mol. The lowest BCUT2D eigenvalue weighted by atomic mass is 9.97. The third kappa shape index (κ3) is 16.3. The molecule has 0 fully saturated rings. The third-order valence-electron chi connectivity index (χ3n) is 3.09. The first-order valence-corrected chi connectivity index (χ1v) is 8.07. The van der Waals surface area contributed by atoms with E-state index in [4.69, 9.17) is 9.62 Å². The zero-order valence-electron chi connectivity index (χ0n) is 14.3. The van der Waals surface area contributed by atoms with E-state index in [0.29, 0.717) is 26.1 Å². The smallest absolute Gasteiger partial charge is 0.407 e. The van der Waals surface area contributed by atoms with E-state index in [1.807, 2.05) is 0 Å². The number of nitrogens with one attached hydrogen (secondary N) is 1. The molecule has 9 heteroatoms. The number of hydrogen-bond donors (Lipinski definition) is 1. The Hall–Kier alpha value is -2.31. The van der Waals surface area contributed by atoms with Crippen molar-refractivity contribution in [2.75, 3.05) is 39.5 Å². The van der Waals surface area contributed by atoms with Crippen molar-refractivity contribution in [1.29, 1.82) is 0 Å². The Balaban J connectivity index is 3.76. The van der Waals surface area contributed by atoms with Crippen LogP contribution in [-0.2, 0) is 24.1 Å². The molecular formula is C16H25N3O6. The van der Waals surface area contributed by atoms with Gasteiger partial charge >= 0.3 is 6.09 Å². The maximum atomic E-state index is 11.4. The van der Waals surface area contributed by atoms with Gasteiger partial charge in [-0.05, 0) is 31.6 Å². The largest absolute Gasteiger partial charge is 0.447 e. The minimum Gasteiger partial charge on any atom is -0.447 e. The van der Waals surface area contributed by atoms with Crippen LogP contribution in [0.1, 0.15) is 25.7 Å².